The Balaban J connectivity index is 1.94. The average molecular weight is 267 g/mol. The summed E-state index contributed by atoms with van der Waals surface area (Å²) in [6.45, 7) is 7.09. The van der Waals surface area contributed by atoms with Crippen LogP contribution in [0.4, 0.5) is 0 Å². The van der Waals surface area contributed by atoms with Crippen LogP contribution in [0.5, 0.6) is 0 Å². The Morgan fingerprint density at radius 3 is 3.06 bits per heavy atom. The van der Waals surface area contributed by atoms with Gasteiger partial charge in [-0.3, -0.25) is 4.79 Å². The number of amides is 1. The summed E-state index contributed by atoms with van der Waals surface area (Å²) in [6.07, 6.45) is 4.13. The molecule has 5 heteroatoms. The second-order valence-electron chi connectivity index (χ2n) is 5.09. The molecule has 0 bridgehead atoms. The molecule has 18 heavy (non-hydrogen) atoms. The molecule has 0 aliphatic carbocycles. The third-order valence-electron chi connectivity index (χ3n) is 3.42. The number of aromatic nitrogens is 1. The molecule has 1 aromatic rings. The molecule has 100 valence electrons. The molecule has 0 radical (unpaired) electrons. The van der Waals surface area contributed by atoms with Crippen molar-refractivity contribution in [2.75, 3.05) is 6.54 Å². The largest absolute Gasteiger partial charge is 0.346 e. The minimum absolute atomic E-state index is 0.00729. The average Bonchev–Trinajstić information content (AvgIpc) is 2.76. The van der Waals surface area contributed by atoms with E-state index in [9.17, 15) is 4.79 Å². The van der Waals surface area contributed by atoms with Crippen molar-refractivity contribution in [2.45, 2.75) is 45.7 Å². The van der Waals surface area contributed by atoms with Crippen molar-refractivity contribution in [3.05, 3.63) is 16.1 Å². The minimum Gasteiger partial charge on any atom is -0.346 e. The van der Waals surface area contributed by atoms with Gasteiger partial charge in [-0.2, -0.15) is 0 Å². The molecule has 0 spiro atoms. The van der Waals surface area contributed by atoms with Gasteiger partial charge in [0.25, 0.3) is 0 Å². The summed E-state index contributed by atoms with van der Waals surface area (Å²) >= 11 is 1.64. The Labute approximate surface area is 112 Å². The predicted molar refractivity (Wildman–Crippen MR) is 73.6 cm³/mol. The Hall–Kier alpha value is -0.940. The van der Waals surface area contributed by atoms with Crippen LogP contribution in [0.25, 0.3) is 0 Å². The lowest BCUT2D eigenvalue weighted by atomic mass is 9.92. The number of aryl methyl sites for hydroxylation is 1. The topological polar surface area (TPSA) is 54.0 Å². The highest BCUT2D eigenvalue weighted by atomic mass is 32.1. The molecular formula is C13H21N3OS. The van der Waals surface area contributed by atoms with Crippen molar-refractivity contribution < 1.29 is 4.79 Å². The van der Waals surface area contributed by atoms with Crippen LogP contribution < -0.4 is 10.6 Å². The van der Waals surface area contributed by atoms with Gasteiger partial charge in [0.05, 0.1) is 12.1 Å². The fourth-order valence-electron chi connectivity index (χ4n) is 2.34. The van der Waals surface area contributed by atoms with E-state index in [0.717, 1.165) is 24.4 Å². The highest BCUT2D eigenvalue weighted by molar-refractivity contribution is 7.11. The standard InChI is InChI=1S/C13H21N3OS/c1-8-5-4-6-14-11(8)12(17)16-10(3)13-15-7-9(2)18-13/h7-8,10-11,14H,4-6H2,1-3H3,(H,16,17). The number of rotatable bonds is 3. The van der Waals surface area contributed by atoms with E-state index >= 15 is 0 Å². The molecule has 1 fully saturated rings. The number of carbonyl (C=O) groups excluding carboxylic acids is 1. The van der Waals surface area contributed by atoms with Gasteiger partial charge < -0.3 is 10.6 Å². The van der Waals surface area contributed by atoms with Gasteiger partial charge in [0, 0.05) is 11.1 Å². The maximum Gasteiger partial charge on any atom is 0.237 e. The molecule has 3 atom stereocenters. The van der Waals surface area contributed by atoms with Crippen LogP contribution in [0, 0.1) is 12.8 Å². The lowest BCUT2D eigenvalue weighted by Crippen LogP contribution is -2.51. The van der Waals surface area contributed by atoms with E-state index in [0.29, 0.717) is 5.92 Å². The molecule has 1 aliphatic rings. The third kappa shape index (κ3) is 3.09. The molecule has 2 N–H and O–H groups in total. The van der Waals surface area contributed by atoms with Gasteiger partial charge in [0.2, 0.25) is 5.91 Å². The molecule has 1 saturated heterocycles. The summed E-state index contributed by atoms with van der Waals surface area (Å²) in [6, 6.07) is -0.0608. The lowest BCUT2D eigenvalue weighted by molar-refractivity contribution is -0.125. The Morgan fingerprint density at radius 1 is 1.67 bits per heavy atom. The number of carbonyl (C=O) groups is 1. The fraction of sp³-hybridized carbons (Fsp3) is 0.692. The first-order valence-electron chi connectivity index (χ1n) is 6.54. The Kier molecular flexibility index (Phi) is 4.35. The van der Waals surface area contributed by atoms with Crippen molar-refractivity contribution in [3.8, 4) is 0 Å². The number of nitrogens with zero attached hydrogens (tertiary/aromatic N) is 1. The first-order chi connectivity index (χ1) is 8.58. The van der Waals surface area contributed by atoms with Crippen LogP contribution in [0.1, 0.15) is 42.6 Å². The van der Waals surface area contributed by atoms with E-state index in [1.807, 2.05) is 20.0 Å². The summed E-state index contributed by atoms with van der Waals surface area (Å²) in [5, 5.41) is 7.33. The molecule has 4 nitrogen and oxygen atoms in total. The molecule has 3 unspecified atom stereocenters. The second kappa shape index (κ2) is 5.80. The third-order valence-corrected chi connectivity index (χ3v) is 4.52. The van der Waals surface area contributed by atoms with Crippen molar-refractivity contribution in [1.29, 1.82) is 0 Å². The summed E-state index contributed by atoms with van der Waals surface area (Å²) in [4.78, 5) is 17.7. The maximum atomic E-state index is 12.2. The highest BCUT2D eigenvalue weighted by Gasteiger charge is 2.28. The predicted octanol–water partition coefficient (Wildman–Crippen LogP) is 2.02. The first-order valence-corrected chi connectivity index (χ1v) is 7.35. The van der Waals surface area contributed by atoms with Gasteiger partial charge in [-0.15, -0.1) is 11.3 Å². The van der Waals surface area contributed by atoms with E-state index in [1.54, 1.807) is 11.3 Å². The fourth-order valence-corrected chi connectivity index (χ4v) is 3.11. The van der Waals surface area contributed by atoms with Crippen molar-refractivity contribution in [2.24, 2.45) is 5.92 Å². The molecule has 2 rings (SSSR count). The van der Waals surface area contributed by atoms with Crippen LogP contribution in [-0.2, 0) is 4.79 Å². The molecule has 0 saturated carbocycles. The van der Waals surface area contributed by atoms with E-state index in [-0.39, 0.29) is 18.0 Å². The van der Waals surface area contributed by atoms with Crippen molar-refractivity contribution >= 4 is 17.2 Å². The zero-order chi connectivity index (χ0) is 13.1. The normalized spacial score (nSPS) is 25.7. The second-order valence-corrected chi connectivity index (χ2v) is 6.36. The molecule has 1 amide bonds. The van der Waals surface area contributed by atoms with E-state index < -0.39 is 0 Å². The number of piperidine rings is 1. The van der Waals surface area contributed by atoms with E-state index in [2.05, 4.69) is 22.5 Å². The molecule has 2 heterocycles. The Bertz CT molecular complexity index is 418. The summed E-state index contributed by atoms with van der Waals surface area (Å²) in [5.74, 6) is 0.506. The molecule has 1 aliphatic heterocycles. The van der Waals surface area contributed by atoms with Gasteiger partial charge in [-0.25, -0.2) is 4.98 Å². The summed E-state index contributed by atoms with van der Waals surface area (Å²) in [7, 11) is 0. The van der Waals surface area contributed by atoms with Crippen LogP contribution >= 0.6 is 11.3 Å². The molecule has 1 aromatic heterocycles. The monoisotopic (exact) mass is 267 g/mol. The van der Waals surface area contributed by atoms with Gasteiger partial charge >= 0.3 is 0 Å². The highest BCUT2D eigenvalue weighted by Crippen LogP contribution is 2.20. The molecule has 0 aromatic carbocycles. The van der Waals surface area contributed by atoms with Gasteiger partial charge in [0.15, 0.2) is 0 Å². The van der Waals surface area contributed by atoms with Gasteiger partial charge in [0.1, 0.15) is 5.01 Å². The number of hydrogen-bond donors (Lipinski definition) is 2. The van der Waals surface area contributed by atoms with Crippen LogP contribution in [0.2, 0.25) is 0 Å². The zero-order valence-electron chi connectivity index (χ0n) is 11.2. The summed E-state index contributed by atoms with van der Waals surface area (Å²) in [5.41, 5.74) is 0. The smallest absolute Gasteiger partial charge is 0.237 e. The number of hydrogen-bond acceptors (Lipinski definition) is 4. The minimum atomic E-state index is -0.0535. The van der Waals surface area contributed by atoms with Crippen LogP contribution in [0.15, 0.2) is 6.20 Å². The number of nitrogens with one attached hydrogen (secondary N) is 2. The van der Waals surface area contributed by atoms with Crippen LogP contribution in [-0.4, -0.2) is 23.5 Å². The zero-order valence-corrected chi connectivity index (χ0v) is 12.0. The van der Waals surface area contributed by atoms with Gasteiger partial charge in [-0.05, 0) is 39.2 Å². The molecular weight excluding hydrogens is 246 g/mol. The summed E-state index contributed by atoms with van der Waals surface area (Å²) < 4.78 is 0. The van der Waals surface area contributed by atoms with E-state index in [1.165, 1.54) is 4.88 Å². The lowest BCUT2D eigenvalue weighted by Gasteiger charge is -2.29. The van der Waals surface area contributed by atoms with Gasteiger partial charge in [-0.1, -0.05) is 6.92 Å². The SMILES string of the molecule is Cc1cnc(C(C)NC(=O)C2NCCCC2C)s1. The van der Waals surface area contributed by atoms with Crippen molar-refractivity contribution in [1.82, 2.24) is 15.6 Å². The van der Waals surface area contributed by atoms with Crippen LogP contribution in [0.3, 0.4) is 0 Å². The first kappa shape index (κ1) is 13.5. The quantitative estimate of drug-likeness (QED) is 0.881. The maximum absolute atomic E-state index is 12.2. The van der Waals surface area contributed by atoms with Crippen molar-refractivity contribution in [3.63, 3.8) is 0 Å². The van der Waals surface area contributed by atoms with E-state index in [4.69, 9.17) is 0 Å². The number of thiazole rings is 1. The Morgan fingerprint density at radius 2 is 2.44 bits per heavy atom.